The Labute approximate surface area is 150 Å². The maximum atomic E-state index is 5.97. The lowest BCUT2D eigenvalue weighted by atomic mass is 10.1. The lowest BCUT2D eigenvalue weighted by Crippen LogP contribution is -2.22. The van der Waals surface area contributed by atoms with Crippen molar-refractivity contribution in [3.63, 3.8) is 0 Å². The number of aliphatic imine (C=N–C) groups is 1. The molecule has 3 aromatic rings. The summed E-state index contributed by atoms with van der Waals surface area (Å²) in [5, 5.41) is 7.61. The van der Waals surface area contributed by atoms with Crippen LogP contribution in [0.2, 0.25) is 5.02 Å². The summed E-state index contributed by atoms with van der Waals surface area (Å²) < 4.78 is 5.20. The first-order valence-corrected chi connectivity index (χ1v) is 8.11. The third-order valence-corrected chi connectivity index (χ3v) is 3.66. The smallest absolute Gasteiger partial charge is 0.248 e. The number of guanidine groups is 1. The van der Waals surface area contributed by atoms with E-state index in [1.54, 1.807) is 12.1 Å². The van der Waals surface area contributed by atoms with Crippen LogP contribution in [0.3, 0.4) is 0 Å². The molecule has 1 heterocycles. The van der Waals surface area contributed by atoms with Gasteiger partial charge in [-0.3, -0.25) is 0 Å². The number of anilines is 1. The number of hydrogen-bond donors (Lipinski definition) is 2. The van der Waals surface area contributed by atoms with Crippen molar-refractivity contribution in [3.05, 3.63) is 64.5 Å². The van der Waals surface area contributed by atoms with Gasteiger partial charge in [0.05, 0.1) is 0 Å². The van der Waals surface area contributed by atoms with Crippen molar-refractivity contribution in [2.75, 3.05) is 5.32 Å². The first-order valence-electron chi connectivity index (χ1n) is 7.73. The molecule has 2 aromatic carbocycles. The van der Waals surface area contributed by atoms with Crippen LogP contribution < -0.4 is 11.1 Å². The first-order chi connectivity index (χ1) is 12.0. The maximum absolute atomic E-state index is 5.97. The molecule has 3 rings (SSSR count). The SMILES string of the molecule is Cc1cc(C)cc(NC(N)=NCc2nc(-c3cccc(Cl)c3)no2)c1. The van der Waals surface area contributed by atoms with Gasteiger partial charge in [0.25, 0.3) is 0 Å². The van der Waals surface area contributed by atoms with E-state index >= 15 is 0 Å². The van der Waals surface area contributed by atoms with Crippen molar-refractivity contribution < 1.29 is 4.52 Å². The molecule has 0 spiro atoms. The van der Waals surface area contributed by atoms with Crippen LogP contribution in [-0.2, 0) is 6.54 Å². The third kappa shape index (κ3) is 4.58. The number of hydrogen-bond acceptors (Lipinski definition) is 4. The van der Waals surface area contributed by atoms with E-state index in [0.717, 1.165) is 22.4 Å². The predicted molar refractivity (Wildman–Crippen MR) is 99.6 cm³/mol. The molecule has 25 heavy (non-hydrogen) atoms. The Morgan fingerprint density at radius 3 is 2.68 bits per heavy atom. The Balaban J connectivity index is 1.67. The summed E-state index contributed by atoms with van der Waals surface area (Å²) in [4.78, 5) is 8.54. The van der Waals surface area contributed by atoms with Crippen molar-refractivity contribution in [1.29, 1.82) is 0 Å². The zero-order valence-electron chi connectivity index (χ0n) is 14.0. The molecule has 0 bridgehead atoms. The fourth-order valence-electron chi connectivity index (χ4n) is 2.45. The summed E-state index contributed by atoms with van der Waals surface area (Å²) in [5.74, 6) is 1.13. The van der Waals surface area contributed by atoms with Crippen LogP contribution in [-0.4, -0.2) is 16.1 Å². The molecular formula is C18H18ClN5O. The zero-order chi connectivity index (χ0) is 17.8. The number of nitrogens with two attached hydrogens (primary N) is 1. The van der Waals surface area contributed by atoms with Gasteiger partial charge in [-0.05, 0) is 49.2 Å². The van der Waals surface area contributed by atoms with Crippen LogP contribution in [0.5, 0.6) is 0 Å². The number of nitrogens with zero attached hydrogens (tertiary/aromatic N) is 3. The minimum atomic E-state index is 0.192. The van der Waals surface area contributed by atoms with E-state index in [4.69, 9.17) is 21.9 Å². The number of rotatable bonds is 4. The Hall–Kier alpha value is -2.86. The van der Waals surface area contributed by atoms with Gasteiger partial charge in [0.15, 0.2) is 5.96 Å². The second kappa shape index (κ2) is 7.36. The van der Waals surface area contributed by atoms with Gasteiger partial charge in [0.2, 0.25) is 11.7 Å². The summed E-state index contributed by atoms with van der Waals surface area (Å²) >= 11 is 5.97. The van der Waals surface area contributed by atoms with Crippen molar-refractivity contribution in [1.82, 2.24) is 10.1 Å². The molecular weight excluding hydrogens is 338 g/mol. The van der Waals surface area contributed by atoms with Crippen molar-refractivity contribution in [2.24, 2.45) is 10.7 Å². The average Bonchev–Trinajstić information content (AvgIpc) is 3.01. The zero-order valence-corrected chi connectivity index (χ0v) is 14.7. The summed E-state index contributed by atoms with van der Waals surface area (Å²) in [6.07, 6.45) is 0. The summed E-state index contributed by atoms with van der Waals surface area (Å²) in [6, 6.07) is 13.3. The Morgan fingerprint density at radius 2 is 1.96 bits per heavy atom. The molecule has 128 valence electrons. The highest BCUT2D eigenvalue weighted by atomic mass is 35.5. The lowest BCUT2D eigenvalue weighted by Gasteiger charge is -2.07. The molecule has 7 heteroatoms. The van der Waals surface area contributed by atoms with E-state index in [9.17, 15) is 0 Å². The van der Waals surface area contributed by atoms with Crippen LogP contribution in [0, 0.1) is 13.8 Å². The van der Waals surface area contributed by atoms with E-state index < -0.39 is 0 Å². The normalized spacial score (nSPS) is 11.6. The summed E-state index contributed by atoms with van der Waals surface area (Å²) in [7, 11) is 0. The number of nitrogens with one attached hydrogen (secondary N) is 1. The molecule has 0 aliphatic heterocycles. The van der Waals surface area contributed by atoms with E-state index in [-0.39, 0.29) is 12.5 Å². The molecule has 0 atom stereocenters. The molecule has 0 fully saturated rings. The maximum Gasteiger partial charge on any atom is 0.248 e. The monoisotopic (exact) mass is 355 g/mol. The van der Waals surface area contributed by atoms with E-state index in [1.807, 2.05) is 38.1 Å². The number of aryl methyl sites for hydroxylation is 2. The van der Waals surface area contributed by atoms with Gasteiger partial charge in [-0.1, -0.05) is 35.0 Å². The number of benzene rings is 2. The van der Waals surface area contributed by atoms with Gasteiger partial charge < -0.3 is 15.6 Å². The van der Waals surface area contributed by atoms with E-state index in [0.29, 0.717) is 16.7 Å². The van der Waals surface area contributed by atoms with Gasteiger partial charge in [-0.2, -0.15) is 4.98 Å². The van der Waals surface area contributed by atoms with Crippen LogP contribution >= 0.6 is 11.6 Å². The van der Waals surface area contributed by atoms with Gasteiger partial charge >= 0.3 is 0 Å². The van der Waals surface area contributed by atoms with Gasteiger partial charge in [-0.15, -0.1) is 0 Å². The fourth-order valence-corrected chi connectivity index (χ4v) is 2.64. The van der Waals surface area contributed by atoms with Gasteiger partial charge in [-0.25, -0.2) is 4.99 Å². The molecule has 0 saturated carbocycles. The molecule has 0 radical (unpaired) electrons. The van der Waals surface area contributed by atoms with Crippen LogP contribution in [0.1, 0.15) is 17.0 Å². The molecule has 0 amide bonds. The standard InChI is InChI=1S/C18H18ClN5O/c1-11-6-12(2)8-15(7-11)22-18(20)21-10-16-23-17(24-25-16)13-4-3-5-14(19)9-13/h3-9H,10H2,1-2H3,(H3,20,21,22). The number of aromatic nitrogens is 2. The van der Waals surface area contributed by atoms with E-state index in [2.05, 4.69) is 26.5 Å². The van der Waals surface area contributed by atoms with Crippen molar-refractivity contribution in [3.8, 4) is 11.4 Å². The Bertz CT molecular complexity index is 899. The number of halogens is 1. The van der Waals surface area contributed by atoms with Gasteiger partial charge in [0, 0.05) is 16.3 Å². The summed E-state index contributed by atoms with van der Waals surface area (Å²) in [5.41, 5.74) is 9.90. The topological polar surface area (TPSA) is 89.3 Å². The Kier molecular flexibility index (Phi) is 5.00. The quantitative estimate of drug-likeness (QED) is 0.546. The third-order valence-electron chi connectivity index (χ3n) is 3.43. The second-order valence-corrected chi connectivity index (χ2v) is 6.16. The average molecular weight is 356 g/mol. The largest absolute Gasteiger partial charge is 0.370 e. The molecule has 1 aromatic heterocycles. The lowest BCUT2D eigenvalue weighted by molar-refractivity contribution is 0.381. The van der Waals surface area contributed by atoms with Crippen LogP contribution in [0.25, 0.3) is 11.4 Å². The first kappa shape index (κ1) is 17.0. The molecule has 0 unspecified atom stereocenters. The van der Waals surface area contributed by atoms with Crippen molar-refractivity contribution >= 4 is 23.2 Å². The second-order valence-electron chi connectivity index (χ2n) is 5.72. The molecule has 0 aliphatic rings. The highest BCUT2D eigenvalue weighted by Gasteiger charge is 2.08. The van der Waals surface area contributed by atoms with Crippen molar-refractivity contribution in [2.45, 2.75) is 20.4 Å². The Morgan fingerprint density at radius 1 is 1.20 bits per heavy atom. The fraction of sp³-hybridized carbons (Fsp3) is 0.167. The predicted octanol–water partition coefficient (Wildman–Crippen LogP) is 3.93. The molecule has 0 aliphatic carbocycles. The van der Waals surface area contributed by atoms with E-state index in [1.165, 1.54) is 0 Å². The molecule has 0 saturated heterocycles. The highest BCUT2D eigenvalue weighted by Crippen LogP contribution is 2.20. The highest BCUT2D eigenvalue weighted by molar-refractivity contribution is 6.30. The minimum absolute atomic E-state index is 0.192. The summed E-state index contributed by atoms with van der Waals surface area (Å²) in [6.45, 7) is 4.25. The minimum Gasteiger partial charge on any atom is -0.370 e. The van der Waals surface area contributed by atoms with Crippen LogP contribution in [0.15, 0.2) is 52.0 Å². The van der Waals surface area contributed by atoms with Gasteiger partial charge in [0.1, 0.15) is 6.54 Å². The van der Waals surface area contributed by atoms with Crippen LogP contribution in [0.4, 0.5) is 5.69 Å². The molecule has 6 nitrogen and oxygen atoms in total. The molecule has 3 N–H and O–H groups in total.